The lowest BCUT2D eigenvalue weighted by Gasteiger charge is -2.32. The van der Waals surface area contributed by atoms with E-state index in [0.29, 0.717) is 49.1 Å². The second kappa shape index (κ2) is 8.60. The lowest BCUT2D eigenvalue weighted by atomic mass is 9.96. The van der Waals surface area contributed by atoms with E-state index in [4.69, 9.17) is 9.26 Å². The van der Waals surface area contributed by atoms with Crippen LogP contribution in [-0.2, 0) is 11.2 Å². The van der Waals surface area contributed by atoms with E-state index < -0.39 is 0 Å². The van der Waals surface area contributed by atoms with Crippen LogP contribution in [0.4, 0.5) is 0 Å². The molecule has 0 aromatic carbocycles. The molecule has 1 N–H and O–H groups in total. The molecule has 8 nitrogen and oxygen atoms in total. The van der Waals surface area contributed by atoms with Crippen molar-refractivity contribution in [3.8, 4) is 16.5 Å². The number of amides is 1. The molecule has 1 fully saturated rings. The molecule has 3 aromatic heterocycles. The summed E-state index contributed by atoms with van der Waals surface area (Å²) >= 11 is 1.55. The molecular formula is C20H22N4O4S. The van der Waals surface area contributed by atoms with Gasteiger partial charge >= 0.3 is 0 Å². The van der Waals surface area contributed by atoms with Crippen LogP contribution in [0.3, 0.4) is 0 Å². The number of aromatic amines is 1. The van der Waals surface area contributed by atoms with E-state index in [2.05, 4.69) is 15.1 Å². The standard InChI is InChI=1S/C20H22N4O4S/c1-27-18-10-14(28-23-18)6-7-19(26)24-8-2-4-13(12-24)20-21-15(11-17(25)22-20)16-5-3-9-29-16/h3,5,9-11,13H,2,4,6-8,12H2,1H3,(H,21,22,25)/t13-/m0/s1. The summed E-state index contributed by atoms with van der Waals surface area (Å²) in [5.41, 5.74) is 0.516. The Morgan fingerprint density at radius 3 is 3.10 bits per heavy atom. The van der Waals surface area contributed by atoms with Gasteiger partial charge in [0, 0.05) is 44.0 Å². The van der Waals surface area contributed by atoms with Gasteiger partial charge in [0.2, 0.25) is 5.91 Å². The number of thiophene rings is 1. The van der Waals surface area contributed by atoms with Crippen molar-refractivity contribution in [2.75, 3.05) is 20.2 Å². The number of rotatable bonds is 6. The number of aryl methyl sites for hydroxylation is 1. The van der Waals surface area contributed by atoms with Gasteiger partial charge in [0.15, 0.2) is 0 Å². The lowest BCUT2D eigenvalue weighted by Crippen LogP contribution is -2.40. The van der Waals surface area contributed by atoms with Crippen molar-refractivity contribution >= 4 is 17.2 Å². The van der Waals surface area contributed by atoms with Gasteiger partial charge in [0.1, 0.15) is 11.6 Å². The second-order valence-electron chi connectivity index (χ2n) is 7.01. The SMILES string of the molecule is COc1cc(CCC(=O)N2CCC[C@H](c3nc(-c4cccs4)cc(=O)[nH]3)C2)on1. The molecule has 0 aliphatic carbocycles. The maximum Gasteiger partial charge on any atom is 0.254 e. The second-order valence-corrected chi connectivity index (χ2v) is 7.96. The Balaban J connectivity index is 1.43. The predicted molar refractivity (Wildman–Crippen MR) is 108 cm³/mol. The number of nitrogens with zero attached hydrogens (tertiary/aromatic N) is 3. The molecule has 4 rings (SSSR count). The van der Waals surface area contributed by atoms with Gasteiger partial charge in [-0.2, -0.15) is 0 Å². The minimum atomic E-state index is -0.166. The summed E-state index contributed by atoms with van der Waals surface area (Å²) in [4.78, 5) is 35.2. The van der Waals surface area contributed by atoms with Gasteiger partial charge in [-0.3, -0.25) is 9.59 Å². The van der Waals surface area contributed by atoms with Crippen molar-refractivity contribution in [3.05, 3.63) is 51.6 Å². The number of hydrogen-bond donors (Lipinski definition) is 1. The van der Waals surface area contributed by atoms with Gasteiger partial charge in [0.05, 0.1) is 17.7 Å². The quantitative estimate of drug-likeness (QED) is 0.666. The normalized spacial score (nSPS) is 16.7. The minimum Gasteiger partial charge on any atom is -0.479 e. The molecular weight excluding hydrogens is 392 g/mol. The van der Waals surface area contributed by atoms with E-state index in [9.17, 15) is 9.59 Å². The lowest BCUT2D eigenvalue weighted by molar-refractivity contribution is -0.132. The van der Waals surface area contributed by atoms with Gasteiger partial charge in [-0.05, 0) is 29.4 Å². The Morgan fingerprint density at radius 2 is 2.34 bits per heavy atom. The molecule has 9 heteroatoms. The highest BCUT2D eigenvalue weighted by Crippen LogP contribution is 2.27. The maximum atomic E-state index is 12.7. The molecule has 1 aliphatic rings. The number of piperidine rings is 1. The van der Waals surface area contributed by atoms with Gasteiger partial charge in [0.25, 0.3) is 11.4 Å². The first-order chi connectivity index (χ1) is 14.1. The van der Waals surface area contributed by atoms with E-state index >= 15 is 0 Å². The zero-order valence-electron chi connectivity index (χ0n) is 16.1. The Kier molecular flexibility index (Phi) is 5.75. The van der Waals surface area contributed by atoms with Crippen molar-refractivity contribution in [1.29, 1.82) is 0 Å². The van der Waals surface area contributed by atoms with Crippen LogP contribution in [-0.4, -0.2) is 46.1 Å². The fourth-order valence-corrected chi connectivity index (χ4v) is 4.23. The summed E-state index contributed by atoms with van der Waals surface area (Å²) in [5, 5.41) is 5.71. The van der Waals surface area contributed by atoms with E-state index in [1.165, 1.54) is 13.2 Å². The number of methoxy groups -OCH3 is 1. The molecule has 0 saturated carbocycles. The van der Waals surface area contributed by atoms with E-state index in [1.54, 1.807) is 17.4 Å². The highest BCUT2D eigenvalue weighted by molar-refractivity contribution is 7.13. The van der Waals surface area contributed by atoms with Crippen LogP contribution in [0, 0.1) is 0 Å². The Morgan fingerprint density at radius 1 is 1.45 bits per heavy atom. The van der Waals surface area contributed by atoms with E-state index in [-0.39, 0.29) is 17.4 Å². The third-order valence-corrected chi connectivity index (χ3v) is 5.92. The van der Waals surface area contributed by atoms with Crippen LogP contribution in [0.25, 0.3) is 10.6 Å². The summed E-state index contributed by atoms with van der Waals surface area (Å²) in [5.74, 6) is 1.76. The molecule has 1 aliphatic heterocycles. The highest BCUT2D eigenvalue weighted by Gasteiger charge is 2.26. The van der Waals surface area contributed by atoms with E-state index in [0.717, 1.165) is 17.7 Å². The molecule has 29 heavy (non-hydrogen) atoms. The molecule has 0 radical (unpaired) electrons. The summed E-state index contributed by atoms with van der Waals surface area (Å²) in [7, 11) is 1.52. The zero-order chi connectivity index (χ0) is 20.2. The molecule has 1 saturated heterocycles. The summed E-state index contributed by atoms with van der Waals surface area (Å²) < 4.78 is 10.1. The largest absolute Gasteiger partial charge is 0.479 e. The molecule has 1 atom stereocenters. The number of aromatic nitrogens is 3. The van der Waals surface area contributed by atoms with Crippen molar-refractivity contribution < 1.29 is 14.1 Å². The van der Waals surface area contributed by atoms with Crippen LogP contribution < -0.4 is 10.3 Å². The Hall–Kier alpha value is -2.94. The monoisotopic (exact) mass is 414 g/mol. The van der Waals surface area contributed by atoms with Gasteiger partial charge in [-0.25, -0.2) is 4.98 Å². The van der Waals surface area contributed by atoms with Crippen LogP contribution in [0.5, 0.6) is 5.88 Å². The Labute approximate surface area is 171 Å². The Bertz CT molecular complexity index is 1030. The number of carbonyl (C=O) groups excluding carboxylic acids is 1. The van der Waals surface area contributed by atoms with Crippen molar-refractivity contribution in [2.24, 2.45) is 0 Å². The molecule has 0 spiro atoms. The molecule has 152 valence electrons. The molecule has 3 aromatic rings. The van der Waals surface area contributed by atoms with Crippen LogP contribution >= 0.6 is 11.3 Å². The number of nitrogens with one attached hydrogen (secondary N) is 1. The highest BCUT2D eigenvalue weighted by atomic mass is 32.1. The number of hydrogen-bond acceptors (Lipinski definition) is 7. The number of likely N-dealkylation sites (tertiary alicyclic amines) is 1. The van der Waals surface area contributed by atoms with Gasteiger partial charge in [-0.15, -0.1) is 11.3 Å². The fraction of sp³-hybridized carbons (Fsp3) is 0.400. The summed E-state index contributed by atoms with van der Waals surface area (Å²) in [6.07, 6.45) is 2.57. The van der Waals surface area contributed by atoms with Crippen molar-refractivity contribution in [1.82, 2.24) is 20.0 Å². The number of H-pyrrole nitrogens is 1. The molecule has 0 unspecified atom stereocenters. The first kappa shape index (κ1) is 19.4. The topological polar surface area (TPSA) is 101 Å². The van der Waals surface area contributed by atoms with Crippen LogP contribution in [0.2, 0.25) is 0 Å². The first-order valence-electron chi connectivity index (χ1n) is 9.55. The fourth-order valence-electron chi connectivity index (χ4n) is 3.54. The van der Waals surface area contributed by atoms with E-state index in [1.807, 2.05) is 22.4 Å². The number of carbonyl (C=O) groups is 1. The minimum absolute atomic E-state index is 0.0192. The van der Waals surface area contributed by atoms with Crippen molar-refractivity contribution in [3.63, 3.8) is 0 Å². The molecule has 0 bridgehead atoms. The molecule has 4 heterocycles. The van der Waals surface area contributed by atoms with Crippen LogP contribution in [0.15, 0.2) is 39.0 Å². The average Bonchev–Trinajstić information content (AvgIpc) is 3.43. The third kappa shape index (κ3) is 4.56. The summed E-state index contributed by atoms with van der Waals surface area (Å²) in [6, 6.07) is 7.10. The van der Waals surface area contributed by atoms with Crippen molar-refractivity contribution in [2.45, 2.75) is 31.6 Å². The maximum absolute atomic E-state index is 12.7. The van der Waals surface area contributed by atoms with Gasteiger partial charge in [-0.1, -0.05) is 6.07 Å². The van der Waals surface area contributed by atoms with Gasteiger partial charge < -0.3 is 19.1 Å². The van der Waals surface area contributed by atoms with Crippen LogP contribution in [0.1, 0.15) is 36.8 Å². The third-order valence-electron chi connectivity index (χ3n) is 5.03. The average molecular weight is 414 g/mol. The zero-order valence-corrected chi connectivity index (χ0v) is 16.9. The predicted octanol–water partition coefficient (Wildman–Crippen LogP) is 2.83. The number of ether oxygens (including phenoxy) is 1. The smallest absolute Gasteiger partial charge is 0.254 e. The summed E-state index contributed by atoms with van der Waals surface area (Å²) in [6.45, 7) is 1.26. The first-order valence-corrected chi connectivity index (χ1v) is 10.4. The molecule has 1 amide bonds.